The highest BCUT2D eigenvalue weighted by Crippen LogP contribution is 2.56. The molecule has 1 aliphatic carbocycles. The van der Waals surface area contributed by atoms with E-state index in [2.05, 4.69) is 39.8 Å². The van der Waals surface area contributed by atoms with Gasteiger partial charge in [-0.3, -0.25) is 0 Å². The number of ether oxygens (including phenoxy) is 3. The molecule has 1 unspecified atom stereocenters. The van der Waals surface area contributed by atoms with Crippen LogP contribution >= 0.6 is 0 Å². The molecular formula is C29H34O4. The second-order valence-electron chi connectivity index (χ2n) is 10.3. The normalized spacial score (nSPS) is 24.9. The van der Waals surface area contributed by atoms with E-state index in [-0.39, 0.29) is 17.5 Å². The first-order chi connectivity index (χ1) is 15.9. The molecule has 0 spiro atoms. The van der Waals surface area contributed by atoms with Crippen LogP contribution in [0.4, 0.5) is 0 Å². The van der Waals surface area contributed by atoms with Crippen molar-refractivity contribution in [2.75, 3.05) is 0 Å². The quantitative estimate of drug-likeness (QED) is 0.275. The summed E-state index contributed by atoms with van der Waals surface area (Å²) in [4.78, 5) is 13.4. The summed E-state index contributed by atoms with van der Waals surface area (Å²) in [5.41, 5.74) is 4.53. The third-order valence-corrected chi connectivity index (χ3v) is 7.47. The van der Waals surface area contributed by atoms with E-state index >= 15 is 0 Å². The van der Waals surface area contributed by atoms with Crippen LogP contribution in [-0.2, 0) is 11.2 Å². The number of fused-ring (bicyclic) bond motifs is 5. The number of hydrogen-bond acceptors (Lipinski definition) is 4. The van der Waals surface area contributed by atoms with Gasteiger partial charge in [-0.1, -0.05) is 61.7 Å². The average Bonchev–Trinajstić information content (AvgIpc) is 2.78. The third-order valence-electron chi connectivity index (χ3n) is 7.47. The van der Waals surface area contributed by atoms with Gasteiger partial charge >= 0.3 is 5.97 Å². The summed E-state index contributed by atoms with van der Waals surface area (Å²) < 4.78 is 19.0. The number of unbranched alkanes of at least 4 members (excludes halogenated alkanes) is 2. The second-order valence-corrected chi connectivity index (χ2v) is 10.3. The van der Waals surface area contributed by atoms with Crippen LogP contribution < -0.4 is 9.47 Å². The number of cyclic esters (lactones) is 1. The topological polar surface area (TPSA) is 44.8 Å². The van der Waals surface area contributed by atoms with Gasteiger partial charge in [0.25, 0.3) is 6.29 Å². The van der Waals surface area contributed by atoms with E-state index < -0.39 is 6.29 Å². The van der Waals surface area contributed by atoms with Crippen LogP contribution in [0.1, 0.15) is 99.1 Å². The smallest absolute Gasteiger partial charge is 0.345 e. The number of aryl methyl sites for hydroxylation is 1. The highest BCUT2D eigenvalue weighted by molar-refractivity contribution is 5.96. The maximum atomic E-state index is 13.4. The van der Waals surface area contributed by atoms with Gasteiger partial charge < -0.3 is 14.2 Å². The van der Waals surface area contributed by atoms with E-state index in [4.69, 9.17) is 14.2 Å². The minimum absolute atomic E-state index is 0.165. The van der Waals surface area contributed by atoms with Crippen molar-refractivity contribution in [2.45, 2.75) is 84.0 Å². The van der Waals surface area contributed by atoms with E-state index in [1.165, 1.54) is 5.57 Å². The molecule has 3 aliphatic rings. The molecule has 33 heavy (non-hydrogen) atoms. The van der Waals surface area contributed by atoms with Crippen molar-refractivity contribution >= 4 is 5.97 Å². The van der Waals surface area contributed by atoms with Crippen LogP contribution in [0.3, 0.4) is 0 Å². The van der Waals surface area contributed by atoms with Crippen LogP contribution in [0.5, 0.6) is 11.5 Å². The maximum Gasteiger partial charge on any atom is 0.345 e. The van der Waals surface area contributed by atoms with Gasteiger partial charge in [0.05, 0.1) is 0 Å². The molecule has 0 saturated heterocycles. The summed E-state index contributed by atoms with van der Waals surface area (Å²) in [5.74, 6) is 1.73. The monoisotopic (exact) mass is 446 g/mol. The zero-order chi connectivity index (χ0) is 23.2. The Morgan fingerprint density at radius 1 is 1.09 bits per heavy atom. The lowest BCUT2D eigenvalue weighted by atomic mass is 9.67. The Hall–Kier alpha value is -2.75. The predicted molar refractivity (Wildman–Crippen MR) is 129 cm³/mol. The molecule has 0 fully saturated rings. The van der Waals surface area contributed by atoms with Crippen molar-refractivity contribution in [1.82, 2.24) is 0 Å². The summed E-state index contributed by atoms with van der Waals surface area (Å²) in [6, 6.07) is 11.8. The highest BCUT2D eigenvalue weighted by Gasteiger charge is 2.48. The summed E-state index contributed by atoms with van der Waals surface area (Å²) in [7, 11) is 0. The van der Waals surface area contributed by atoms with E-state index in [1.807, 2.05) is 30.3 Å². The number of esters is 1. The second kappa shape index (κ2) is 8.55. The summed E-state index contributed by atoms with van der Waals surface area (Å²) in [5, 5.41) is 0. The Bertz CT molecular complexity index is 1080. The molecule has 4 nitrogen and oxygen atoms in total. The number of hydrogen-bond donors (Lipinski definition) is 0. The molecule has 2 heterocycles. The average molecular weight is 447 g/mol. The Labute approximate surface area is 196 Å². The standard InChI is InChI=1S/C29H34O4/c1-5-6-8-13-20-17-23-25(21-16-18(2)14-15-22(21)29(3,4)33-23)26-24(20)27(30)32-28(31-26)19-11-9-7-10-12-19/h7,9-12,16-17,21-22,28H,5-6,8,13-15H2,1-4H3/t21-,22-,28?/m1/s1. The summed E-state index contributed by atoms with van der Waals surface area (Å²) >= 11 is 0. The van der Waals surface area contributed by atoms with E-state index in [0.29, 0.717) is 17.2 Å². The van der Waals surface area contributed by atoms with Crippen LogP contribution in [-0.4, -0.2) is 11.6 Å². The Kier molecular flexibility index (Phi) is 5.72. The molecule has 0 amide bonds. The lowest BCUT2D eigenvalue weighted by molar-refractivity contribution is -0.0650. The minimum atomic E-state index is -0.747. The minimum Gasteiger partial charge on any atom is -0.487 e. The molecule has 0 bridgehead atoms. The van der Waals surface area contributed by atoms with Gasteiger partial charge in [0.2, 0.25) is 0 Å². The number of benzene rings is 2. The molecule has 5 rings (SSSR count). The molecule has 0 N–H and O–H groups in total. The predicted octanol–water partition coefficient (Wildman–Crippen LogP) is 7.28. The van der Waals surface area contributed by atoms with Crippen molar-refractivity contribution in [3.8, 4) is 11.5 Å². The van der Waals surface area contributed by atoms with Crippen LogP contribution in [0, 0.1) is 5.92 Å². The lowest BCUT2D eigenvalue weighted by Gasteiger charge is -2.47. The third kappa shape index (κ3) is 3.94. The Balaban J connectivity index is 1.68. The lowest BCUT2D eigenvalue weighted by Crippen LogP contribution is -2.45. The fourth-order valence-corrected chi connectivity index (χ4v) is 5.74. The van der Waals surface area contributed by atoms with Crippen LogP contribution in [0.2, 0.25) is 0 Å². The van der Waals surface area contributed by atoms with Crippen molar-refractivity contribution in [3.05, 3.63) is 70.3 Å². The summed E-state index contributed by atoms with van der Waals surface area (Å²) in [6.45, 7) is 8.78. The molecule has 174 valence electrons. The molecular weight excluding hydrogens is 412 g/mol. The fraction of sp³-hybridized carbons (Fsp3) is 0.483. The maximum absolute atomic E-state index is 13.4. The van der Waals surface area contributed by atoms with Gasteiger partial charge in [-0.2, -0.15) is 0 Å². The van der Waals surface area contributed by atoms with Crippen LogP contribution in [0.25, 0.3) is 0 Å². The molecule has 4 heteroatoms. The number of allylic oxidation sites excluding steroid dienone is 2. The number of rotatable bonds is 5. The molecule has 3 atom stereocenters. The Morgan fingerprint density at radius 2 is 1.88 bits per heavy atom. The molecule has 0 aromatic heterocycles. The van der Waals surface area contributed by atoms with Crippen molar-refractivity contribution in [3.63, 3.8) is 0 Å². The highest BCUT2D eigenvalue weighted by atomic mass is 16.7. The van der Waals surface area contributed by atoms with Gasteiger partial charge in [0.1, 0.15) is 22.7 Å². The van der Waals surface area contributed by atoms with Gasteiger partial charge in [-0.25, -0.2) is 4.79 Å². The zero-order valence-electron chi connectivity index (χ0n) is 20.1. The van der Waals surface area contributed by atoms with Crippen molar-refractivity contribution < 1.29 is 19.0 Å². The van der Waals surface area contributed by atoms with Crippen LogP contribution in [0.15, 0.2) is 48.0 Å². The molecule has 0 saturated carbocycles. The van der Waals surface area contributed by atoms with Gasteiger partial charge in [0, 0.05) is 23.0 Å². The van der Waals surface area contributed by atoms with Gasteiger partial charge in [0.15, 0.2) is 0 Å². The molecule has 2 aliphatic heterocycles. The first-order valence-corrected chi connectivity index (χ1v) is 12.4. The van der Waals surface area contributed by atoms with Gasteiger partial charge in [-0.15, -0.1) is 0 Å². The molecule has 0 radical (unpaired) electrons. The first-order valence-electron chi connectivity index (χ1n) is 12.4. The van der Waals surface area contributed by atoms with Gasteiger partial charge in [-0.05, 0) is 58.1 Å². The van der Waals surface area contributed by atoms with E-state index in [9.17, 15) is 4.79 Å². The molecule has 2 aromatic carbocycles. The van der Waals surface area contributed by atoms with Crippen molar-refractivity contribution in [1.29, 1.82) is 0 Å². The van der Waals surface area contributed by atoms with Crippen molar-refractivity contribution in [2.24, 2.45) is 5.92 Å². The molecule has 2 aromatic rings. The SMILES string of the molecule is CCCCCc1cc2c(c3c1C(=O)OC(c1ccccc1)O3)[C@@H]1C=C(C)CC[C@H]1C(C)(C)O2. The zero-order valence-corrected chi connectivity index (χ0v) is 20.1. The van der Waals surface area contributed by atoms with E-state index in [0.717, 1.165) is 61.0 Å². The fourth-order valence-electron chi connectivity index (χ4n) is 5.74. The first kappa shape index (κ1) is 22.1. The Morgan fingerprint density at radius 3 is 2.64 bits per heavy atom. The number of carbonyl (C=O) groups is 1. The largest absolute Gasteiger partial charge is 0.487 e. The van der Waals surface area contributed by atoms with E-state index in [1.54, 1.807) is 0 Å². The number of carbonyl (C=O) groups excluding carboxylic acids is 1. The summed E-state index contributed by atoms with van der Waals surface area (Å²) in [6.07, 6.45) is 7.85.